The van der Waals surface area contributed by atoms with Gasteiger partial charge < -0.3 is 4.74 Å². The first-order chi connectivity index (χ1) is 17.0. The minimum Gasteiger partial charge on any atom is -0.481 e. The summed E-state index contributed by atoms with van der Waals surface area (Å²) < 4.78 is 8.17. The molecular formula is C26H22Br2N4O4. The third kappa shape index (κ3) is 5.55. The lowest BCUT2D eigenvalue weighted by molar-refractivity contribution is -0.386. The van der Waals surface area contributed by atoms with Crippen LogP contribution in [0, 0.1) is 10.1 Å². The maximum absolute atomic E-state index is 13.3. The second-order valence-electron chi connectivity index (χ2n) is 9.09. The Morgan fingerprint density at radius 2 is 1.83 bits per heavy atom. The Kier molecular flexibility index (Phi) is 7.37. The molecule has 184 valence electrons. The van der Waals surface area contributed by atoms with Crippen LogP contribution in [-0.2, 0) is 12.0 Å². The van der Waals surface area contributed by atoms with E-state index in [1.54, 1.807) is 18.2 Å². The molecule has 0 unspecified atom stereocenters. The van der Waals surface area contributed by atoms with E-state index < -0.39 is 10.3 Å². The molecule has 0 fully saturated rings. The maximum atomic E-state index is 13.3. The molecule has 0 aliphatic rings. The van der Waals surface area contributed by atoms with Gasteiger partial charge in [0.15, 0.2) is 0 Å². The molecule has 10 heteroatoms. The SMILES string of the molecule is CC(C)(C)c1nc2ccc(Br)cc2c(=O)n1N=Cc1cc(Br)c(OCc2ccccc2)c([N+](=O)[O-])c1. The summed E-state index contributed by atoms with van der Waals surface area (Å²) in [6.45, 7) is 5.99. The van der Waals surface area contributed by atoms with Gasteiger partial charge in [-0.05, 0) is 45.8 Å². The zero-order chi connectivity index (χ0) is 26.0. The Morgan fingerprint density at radius 3 is 2.50 bits per heavy atom. The van der Waals surface area contributed by atoms with Crippen LogP contribution in [0.2, 0.25) is 0 Å². The van der Waals surface area contributed by atoms with Gasteiger partial charge in [-0.25, -0.2) is 4.98 Å². The van der Waals surface area contributed by atoms with Gasteiger partial charge >= 0.3 is 5.69 Å². The number of hydrogen-bond acceptors (Lipinski definition) is 6. The summed E-state index contributed by atoms with van der Waals surface area (Å²) in [6.07, 6.45) is 1.40. The molecule has 0 spiro atoms. The summed E-state index contributed by atoms with van der Waals surface area (Å²) in [6, 6.07) is 17.7. The molecule has 0 atom stereocenters. The largest absolute Gasteiger partial charge is 0.481 e. The van der Waals surface area contributed by atoms with Gasteiger partial charge in [0.1, 0.15) is 12.4 Å². The van der Waals surface area contributed by atoms with Crippen molar-refractivity contribution < 1.29 is 9.66 Å². The molecule has 4 aromatic rings. The highest BCUT2D eigenvalue weighted by molar-refractivity contribution is 9.10. The maximum Gasteiger partial charge on any atom is 0.312 e. The van der Waals surface area contributed by atoms with Gasteiger partial charge in [-0.1, -0.05) is 67.0 Å². The predicted octanol–water partition coefficient (Wildman–Crippen LogP) is 6.59. The number of aromatic nitrogens is 2. The van der Waals surface area contributed by atoms with Crippen molar-refractivity contribution in [2.75, 3.05) is 0 Å². The second-order valence-corrected chi connectivity index (χ2v) is 10.9. The van der Waals surface area contributed by atoms with Gasteiger partial charge in [0.05, 0.1) is 26.5 Å². The van der Waals surface area contributed by atoms with Crippen LogP contribution in [0.15, 0.2) is 79.5 Å². The molecule has 0 radical (unpaired) electrons. The van der Waals surface area contributed by atoms with Crippen LogP contribution < -0.4 is 10.3 Å². The summed E-state index contributed by atoms with van der Waals surface area (Å²) in [7, 11) is 0. The van der Waals surface area contributed by atoms with E-state index in [0.717, 1.165) is 10.0 Å². The zero-order valence-corrected chi connectivity index (χ0v) is 22.9. The lowest BCUT2D eigenvalue weighted by Gasteiger charge is -2.20. The number of nitrogens with zero attached hydrogens (tertiary/aromatic N) is 4. The first-order valence-electron chi connectivity index (χ1n) is 11.0. The van der Waals surface area contributed by atoms with E-state index >= 15 is 0 Å². The Morgan fingerprint density at radius 1 is 1.11 bits per heavy atom. The highest BCUT2D eigenvalue weighted by Crippen LogP contribution is 2.36. The molecule has 0 saturated carbocycles. The van der Waals surface area contributed by atoms with Crippen LogP contribution in [0.1, 0.15) is 37.7 Å². The topological polar surface area (TPSA) is 99.6 Å². The van der Waals surface area contributed by atoms with E-state index in [-0.39, 0.29) is 23.6 Å². The molecule has 8 nitrogen and oxygen atoms in total. The van der Waals surface area contributed by atoms with Crippen molar-refractivity contribution in [3.63, 3.8) is 0 Å². The van der Waals surface area contributed by atoms with E-state index in [0.29, 0.717) is 26.8 Å². The molecular weight excluding hydrogens is 592 g/mol. The summed E-state index contributed by atoms with van der Waals surface area (Å²) in [5.41, 5.74) is 0.831. The fourth-order valence-electron chi connectivity index (χ4n) is 3.55. The van der Waals surface area contributed by atoms with Crippen LogP contribution in [0.4, 0.5) is 5.69 Å². The van der Waals surface area contributed by atoms with Crippen molar-refractivity contribution in [2.24, 2.45) is 5.10 Å². The molecule has 0 saturated heterocycles. The standard InChI is InChI=1S/C26H22Br2N4O4/c1-26(2,3)25-30-21-10-9-18(27)13-19(21)24(33)31(25)29-14-17-11-20(28)23(22(12-17)32(34)35)36-15-16-7-5-4-6-8-16/h4-14H,15H2,1-3H3. The average Bonchev–Trinajstić information content (AvgIpc) is 2.82. The van der Waals surface area contributed by atoms with Gasteiger partial charge in [0.25, 0.3) is 5.56 Å². The number of hydrogen-bond donors (Lipinski definition) is 0. The molecule has 0 aliphatic carbocycles. The van der Waals surface area contributed by atoms with Crippen molar-refractivity contribution in [2.45, 2.75) is 32.8 Å². The van der Waals surface area contributed by atoms with Gasteiger partial charge in [-0.15, -0.1) is 0 Å². The van der Waals surface area contributed by atoms with Gasteiger partial charge in [-0.3, -0.25) is 14.9 Å². The molecule has 0 amide bonds. The second kappa shape index (κ2) is 10.3. The number of ether oxygens (including phenoxy) is 1. The van der Waals surface area contributed by atoms with E-state index in [9.17, 15) is 14.9 Å². The average molecular weight is 614 g/mol. The number of halogens is 2. The molecule has 0 aliphatic heterocycles. The number of nitro benzene ring substituents is 1. The third-order valence-electron chi connectivity index (χ3n) is 5.27. The summed E-state index contributed by atoms with van der Waals surface area (Å²) in [4.78, 5) is 29.3. The summed E-state index contributed by atoms with van der Waals surface area (Å²) in [5, 5.41) is 16.6. The fourth-order valence-corrected chi connectivity index (χ4v) is 4.49. The van der Waals surface area contributed by atoms with Crippen molar-refractivity contribution in [3.05, 3.63) is 107 Å². The molecule has 1 aromatic heterocycles. The predicted molar refractivity (Wildman–Crippen MR) is 147 cm³/mol. The Bertz CT molecular complexity index is 1540. The number of fused-ring (bicyclic) bond motifs is 1. The molecule has 36 heavy (non-hydrogen) atoms. The minimum absolute atomic E-state index is 0.116. The first-order valence-corrected chi connectivity index (χ1v) is 12.5. The molecule has 0 N–H and O–H groups in total. The van der Waals surface area contributed by atoms with Crippen LogP contribution in [-0.4, -0.2) is 20.8 Å². The molecule has 0 bridgehead atoms. The van der Waals surface area contributed by atoms with E-state index in [4.69, 9.17) is 4.74 Å². The van der Waals surface area contributed by atoms with Crippen molar-refractivity contribution >= 4 is 54.7 Å². The van der Waals surface area contributed by atoms with Crippen LogP contribution in [0.25, 0.3) is 10.9 Å². The monoisotopic (exact) mass is 612 g/mol. The Balaban J connectivity index is 1.76. The van der Waals surface area contributed by atoms with Crippen molar-refractivity contribution in [1.82, 2.24) is 9.66 Å². The lowest BCUT2D eigenvalue weighted by Crippen LogP contribution is -2.29. The highest BCUT2D eigenvalue weighted by atomic mass is 79.9. The first kappa shape index (κ1) is 25.7. The van der Waals surface area contributed by atoms with Crippen LogP contribution in [0.3, 0.4) is 0 Å². The van der Waals surface area contributed by atoms with E-state index in [1.165, 1.54) is 17.0 Å². The fraction of sp³-hybridized carbons (Fsp3) is 0.192. The Labute approximate surface area is 224 Å². The van der Waals surface area contributed by atoms with Crippen molar-refractivity contribution in [3.8, 4) is 5.75 Å². The van der Waals surface area contributed by atoms with Crippen molar-refractivity contribution in [1.29, 1.82) is 0 Å². The summed E-state index contributed by atoms with van der Waals surface area (Å²) in [5.74, 6) is 0.584. The van der Waals surface area contributed by atoms with E-state index in [1.807, 2.05) is 57.2 Å². The zero-order valence-electron chi connectivity index (χ0n) is 19.7. The van der Waals surface area contributed by atoms with Crippen LogP contribution in [0.5, 0.6) is 5.75 Å². The molecule has 4 rings (SSSR count). The number of benzene rings is 3. The number of rotatable bonds is 6. The minimum atomic E-state index is -0.510. The smallest absolute Gasteiger partial charge is 0.312 e. The van der Waals surface area contributed by atoms with Gasteiger partial charge in [0.2, 0.25) is 5.75 Å². The quantitative estimate of drug-likeness (QED) is 0.139. The Hall–Kier alpha value is -3.37. The van der Waals surface area contributed by atoms with Gasteiger partial charge in [-0.2, -0.15) is 9.78 Å². The van der Waals surface area contributed by atoms with Crippen LogP contribution >= 0.6 is 31.9 Å². The third-order valence-corrected chi connectivity index (χ3v) is 6.35. The highest BCUT2D eigenvalue weighted by Gasteiger charge is 2.24. The normalized spacial score (nSPS) is 11.8. The molecule has 1 heterocycles. The number of nitro groups is 1. The lowest BCUT2D eigenvalue weighted by atomic mass is 9.95. The van der Waals surface area contributed by atoms with E-state index in [2.05, 4.69) is 41.9 Å². The summed E-state index contributed by atoms with van der Waals surface area (Å²) >= 11 is 6.78. The van der Waals surface area contributed by atoms with Gasteiger partial charge in [0, 0.05) is 21.5 Å². The molecule has 3 aromatic carbocycles.